The summed E-state index contributed by atoms with van der Waals surface area (Å²) in [5.41, 5.74) is 1.80. The fraction of sp³-hybridized carbons (Fsp3) is 0.333. The average Bonchev–Trinajstić information content (AvgIpc) is 2.72. The summed E-state index contributed by atoms with van der Waals surface area (Å²) in [6.07, 6.45) is 9.47. The lowest BCUT2D eigenvalue weighted by Crippen LogP contribution is -2.52. The van der Waals surface area contributed by atoms with E-state index < -0.39 is 6.17 Å². The molecule has 1 aromatic carbocycles. The van der Waals surface area contributed by atoms with Gasteiger partial charge in [0, 0.05) is 29.9 Å². The highest BCUT2D eigenvalue weighted by Gasteiger charge is 2.36. The smallest absolute Gasteiger partial charge is 0.185 e. The van der Waals surface area contributed by atoms with Crippen LogP contribution in [0, 0.1) is 0 Å². The molecule has 2 fully saturated rings. The van der Waals surface area contributed by atoms with Crippen molar-refractivity contribution in [3.63, 3.8) is 0 Å². The van der Waals surface area contributed by atoms with E-state index >= 15 is 0 Å². The normalized spacial score (nSPS) is 25.9. The Kier molecular flexibility index (Phi) is 4.24. The summed E-state index contributed by atoms with van der Waals surface area (Å²) in [5.74, 6) is 0.403. The Balaban J connectivity index is 1.44. The van der Waals surface area contributed by atoms with E-state index in [-0.39, 0.29) is 11.8 Å². The Hall–Kier alpha value is -2.93. The summed E-state index contributed by atoms with van der Waals surface area (Å²) in [5, 5.41) is 23.8. The summed E-state index contributed by atoms with van der Waals surface area (Å²) < 4.78 is 14.7. The zero-order valence-corrected chi connectivity index (χ0v) is 15.2. The first kappa shape index (κ1) is 17.2. The van der Waals surface area contributed by atoms with Crippen molar-refractivity contribution in [3.05, 3.63) is 48.1 Å². The minimum Gasteiger partial charge on any atom is -0.507 e. The van der Waals surface area contributed by atoms with E-state index in [4.69, 9.17) is 0 Å². The van der Waals surface area contributed by atoms with E-state index in [9.17, 15) is 9.50 Å². The van der Waals surface area contributed by atoms with Gasteiger partial charge in [0.15, 0.2) is 5.82 Å². The quantitative estimate of drug-likeness (QED) is 0.712. The van der Waals surface area contributed by atoms with Crippen molar-refractivity contribution in [1.82, 2.24) is 25.5 Å². The molecule has 0 spiro atoms. The minimum atomic E-state index is -0.990. The number of piperidine rings is 2. The van der Waals surface area contributed by atoms with Crippen LogP contribution in [0.2, 0.25) is 0 Å². The molecule has 0 radical (unpaired) electrons. The van der Waals surface area contributed by atoms with Crippen molar-refractivity contribution in [3.8, 4) is 17.1 Å². The summed E-state index contributed by atoms with van der Waals surface area (Å²) in [6.45, 7) is 0. The molecule has 2 aliphatic heterocycles. The van der Waals surface area contributed by atoms with Crippen LogP contribution >= 0.6 is 0 Å². The maximum atomic E-state index is 14.7. The summed E-state index contributed by atoms with van der Waals surface area (Å²) in [4.78, 5) is 8.40. The Labute approximate surface area is 161 Å². The third-order valence-corrected chi connectivity index (χ3v) is 5.62. The van der Waals surface area contributed by atoms with E-state index in [1.807, 2.05) is 12.1 Å². The molecular formula is C21H20FN5O. The van der Waals surface area contributed by atoms with Gasteiger partial charge in [-0.2, -0.15) is 0 Å². The van der Waals surface area contributed by atoms with Crippen LogP contribution in [0.25, 0.3) is 28.2 Å². The number of aromatic hydroxyl groups is 1. The minimum absolute atomic E-state index is 0.0726. The number of nitrogens with zero attached hydrogens (tertiary/aromatic N) is 4. The predicted molar refractivity (Wildman–Crippen MR) is 104 cm³/mol. The first-order valence-corrected chi connectivity index (χ1v) is 9.55. The van der Waals surface area contributed by atoms with Gasteiger partial charge in [-0.1, -0.05) is 6.42 Å². The van der Waals surface area contributed by atoms with E-state index in [0.717, 1.165) is 35.6 Å². The number of halogens is 1. The molecule has 28 heavy (non-hydrogen) atoms. The topological polar surface area (TPSA) is 83.8 Å². The Morgan fingerprint density at radius 1 is 1.14 bits per heavy atom. The molecule has 142 valence electrons. The van der Waals surface area contributed by atoms with Crippen LogP contribution in [-0.2, 0) is 0 Å². The van der Waals surface area contributed by atoms with E-state index in [1.54, 1.807) is 30.7 Å². The van der Waals surface area contributed by atoms with Crippen LogP contribution in [-0.4, -0.2) is 43.5 Å². The van der Waals surface area contributed by atoms with Crippen LogP contribution in [0.4, 0.5) is 4.39 Å². The Morgan fingerprint density at radius 3 is 2.93 bits per heavy atom. The van der Waals surface area contributed by atoms with Crippen molar-refractivity contribution >= 4 is 16.8 Å². The Morgan fingerprint density at radius 2 is 2.07 bits per heavy atom. The molecule has 3 atom stereocenters. The molecule has 0 saturated carbocycles. The maximum absolute atomic E-state index is 14.7. The summed E-state index contributed by atoms with van der Waals surface area (Å²) in [6, 6.07) is 5.56. The van der Waals surface area contributed by atoms with Crippen molar-refractivity contribution in [2.75, 3.05) is 0 Å². The van der Waals surface area contributed by atoms with Gasteiger partial charge in [-0.25, -0.2) is 9.37 Å². The molecule has 4 heterocycles. The molecule has 2 aromatic heterocycles. The van der Waals surface area contributed by atoms with Gasteiger partial charge in [-0.15, -0.1) is 10.2 Å². The second-order valence-electron chi connectivity index (χ2n) is 7.52. The third-order valence-electron chi connectivity index (χ3n) is 5.62. The molecule has 2 aliphatic rings. The van der Waals surface area contributed by atoms with E-state index in [1.165, 1.54) is 0 Å². The van der Waals surface area contributed by atoms with Gasteiger partial charge in [0.25, 0.3) is 0 Å². The highest BCUT2D eigenvalue weighted by atomic mass is 19.1. The van der Waals surface area contributed by atoms with Crippen LogP contribution in [0.5, 0.6) is 5.75 Å². The number of aromatic nitrogens is 4. The van der Waals surface area contributed by atoms with E-state index in [2.05, 4.69) is 25.5 Å². The standard InChI is InChI=1S/C21H20FN5O/c22-20-13(6-15-2-1-3-18(20)25-15)7-16-11-24-21(27-26-16)17-8-12-4-5-23-10-14(12)9-19(17)28/h4-5,7-11,15,18,20,25,28H,1-3,6H2/b13-7+/t15-,18+,20+/m1/s1. The first-order valence-electron chi connectivity index (χ1n) is 9.55. The zero-order valence-electron chi connectivity index (χ0n) is 15.2. The van der Waals surface area contributed by atoms with Crippen molar-refractivity contribution in [2.45, 2.75) is 43.9 Å². The number of hydrogen-bond acceptors (Lipinski definition) is 6. The van der Waals surface area contributed by atoms with Gasteiger partial charge in [0.05, 0.1) is 11.8 Å². The van der Waals surface area contributed by atoms with Crippen molar-refractivity contribution in [1.29, 1.82) is 0 Å². The molecule has 2 N–H and O–H groups in total. The van der Waals surface area contributed by atoms with Gasteiger partial charge < -0.3 is 10.4 Å². The first-order chi connectivity index (χ1) is 13.7. The fourth-order valence-electron chi connectivity index (χ4n) is 4.21. The van der Waals surface area contributed by atoms with Crippen LogP contribution in [0.1, 0.15) is 31.4 Å². The highest BCUT2D eigenvalue weighted by Crippen LogP contribution is 2.33. The second kappa shape index (κ2) is 6.91. The van der Waals surface area contributed by atoms with Crippen LogP contribution < -0.4 is 5.32 Å². The molecule has 7 heteroatoms. The molecule has 2 bridgehead atoms. The number of rotatable bonds is 2. The van der Waals surface area contributed by atoms with Gasteiger partial charge in [-0.3, -0.25) is 4.98 Å². The molecule has 5 rings (SSSR count). The predicted octanol–water partition coefficient (Wildman–Crippen LogP) is 3.43. The van der Waals surface area contributed by atoms with Gasteiger partial charge in [0.2, 0.25) is 0 Å². The van der Waals surface area contributed by atoms with Crippen molar-refractivity contribution in [2.24, 2.45) is 0 Å². The van der Waals surface area contributed by atoms with Gasteiger partial charge >= 0.3 is 0 Å². The van der Waals surface area contributed by atoms with Gasteiger partial charge in [-0.05, 0) is 54.5 Å². The summed E-state index contributed by atoms with van der Waals surface area (Å²) >= 11 is 0. The van der Waals surface area contributed by atoms with Crippen LogP contribution in [0.15, 0.2) is 42.4 Å². The molecule has 0 amide bonds. The van der Waals surface area contributed by atoms with Crippen LogP contribution in [0.3, 0.4) is 0 Å². The van der Waals surface area contributed by atoms with Gasteiger partial charge in [0.1, 0.15) is 17.6 Å². The lowest BCUT2D eigenvalue weighted by molar-refractivity contribution is 0.179. The molecule has 6 nitrogen and oxygen atoms in total. The second-order valence-corrected chi connectivity index (χ2v) is 7.52. The molecule has 0 unspecified atom stereocenters. The SMILES string of the molecule is Oc1cc2cnccc2cc1-c1ncc(/C=C2\C[C@H]3CCC[C@H](N3)[C@H]2F)nn1. The monoisotopic (exact) mass is 377 g/mol. The third kappa shape index (κ3) is 3.11. The summed E-state index contributed by atoms with van der Waals surface area (Å²) in [7, 11) is 0. The number of pyridine rings is 1. The molecule has 3 aromatic rings. The fourth-order valence-corrected chi connectivity index (χ4v) is 4.21. The molecular weight excluding hydrogens is 357 g/mol. The number of benzene rings is 1. The number of phenols is 1. The number of fused-ring (bicyclic) bond motifs is 3. The van der Waals surface area contributed by atoms with E-state index in [0.29, 0.717) is 29.5 Å². The average molecular weight is 377 g/mol. The number of hydrogen-bond donors (Lipinski definition) is 2. The molecule has 0 aliphatic carbocycles. The van der Waals surface area contributed by atoms with Crippen molar-refractivity contribution < 1.29 is 9.50 Å². The Bertz CT molecular complexity index is 1050. The number of alkyl halides is 1. The largest absolute Gasteiger partial charge is 0.507 e. The highest BCUT2D eigenvalue weighted by molar-refractivity contribution is 5.88. The lowest BCUT2D eigenvalue weighted by atomic mass is 9.82. The maximum Gasteiger partial charge on any atom is 0.185 e. The zero-order chi connectivity index (χ0) is 19.1. The molecule has 2 saturated heterocycles. The number of nitrogens with one attached hydrogen (secondary N) is 1. The number of phenolic OH excluding ortho intramolecular Hbond substituents is 1. The lowest BCUT2D eigenvalue weighted by Gasteiger charge is -2.39.